The molecular weight excluding hydrogens is 428 g/mol. The van der Waals surface area contributed by atoms with Crippen LogP contribution in [0.5, 0.6) is 0 Å². The Morgan fingerprint density at radius 3 is 2.50 bits per heavy atom. The van der Waals surface area contributed by atoms with Crippen LogP contribution in [0.1, 0.15) is 24.0 Å². The molecule has 1 atom stereocenters. The summed E-state index contributed by atoms with van der Waals surface area (Å²) in [4.78, 5) is 46.7. The molecule has 10 heteroatoms. The van der Waals surface area contributed by atoms with E-state index in [4.69, 9.17) is 9.15 Å². The lowest BCUT2D eigenvalue weighted by Crippen LogP contribution is -2.56. The summed E-state index contributed by atoms with van der Waals surface area (Å²) in [5.41, 5.74) is 1.04. The van der Waals surface area contributed by atoms with Crippen LogP contribution >= 0.6 is 0 Å². The van der Waals surface area contributed by atoms with Crippen LogP contribution in [0.2, 0.25) is 25.7 Å². The van der Waals surface area contributed by atoms with Gasteiger partial charge in [-0.2, -0.15) is 0 Å². The molecule has 4 amide bonds. The topological polar surface area (TPSA) is 105 Å². The van der Waals surface area contributed by atoms with Crippen molar-refractivity contribution in [2.45, 2.75) is 45.1 Å². The van der Waals surface area contributed by atoms with Crippen LogP contribution in [0, 0.1) is 0 Å². The number of hydrogen-bond acceptors (Lipinski definition) is 6. The van der Waals surface area contributed by atoms with E-state index in [1.165, 1.54) is 0 Å². The van der Waals surface area contributed by atoms with Gasteiger partial charge in [0.15, 0.2) is 5.58 Å². The first-order valence-corrected chi connectivity index (χ1v) is 14.7. The Bertz CT molecular complexity index is 932. The third kappa shape index (κ3) is 5.95. The van der Waals surface area contributed by atoms with Gasteiger partial charge in [0.05, 0.1) is 13.2 Å². The molecule has 0 spiro atoms. The molecule has 0 bridgehead atoms. The highest BCUT2D eigenvalue weighted by Gasteiger charge is 2.36. The van der Waals surface area contributed by atoms with Crippen molar-refractivity contribution in [3.63, 3.8) is 0 Å². The number of carbonyl (C=O) groups is 3. The second kappa shape index (κ2) is 10.3. The van der Waals surface area contributed by atoms with E-state index >= 15 is 0 Å². The maximum atomic E-state index is 13.6. The van der Waals surface area contributed by atoms with Gasteiger partial charge >= 0.3 is 11.9 Å². The monoisotopic (exact) mass is 460 g/mol. The summed E-state index contributed by atoms with van der Waals surface area (Å²) >= 11 is 0. The molecule has 0 aliphatic carbocycles. The van der Waals surface area contributed by atoms with Crippen LogP contribution in [-0.4, -0.2) is 79.6 Å². The zero-order chi connectivity index (χ0) is 23.3. The van der Waals surface area contributed by atoms with Crippen molar-refractivity contribution >= 4 is 37.0 Å². The predicted molar refractivity (Wildman–Crippen MR) is 123 cm³/mol. The highest BCUT2D eigenvalue weighted by atomic mass is 28.3. The normalized spacial score (nSPS) is 15.4. The number of oxazole rings is 1. The number of aromatic nitrogens is 1. The maximum Gasteiger partial charge on any atom is 0.318 e. The summed E-state index contributed by atoms with van der Waals surface area (Å²) in [7, 11) is -1.76. The van der Waals surface area contributed by atoms with Crippen molar-refractivity contribution in [2.24, 2.45) is 0 Å². The quantitative estimate of drug-likeness (QED) is 0.637. The lowest BCUT2D eigenvalue weighted by atomic mass is 10.2. The van der Waals surface area contributed by atoms with Gasteiger partial charge < -0.3 is 19.4 Å². The number of rotatable bonds is 7. The number of amides is 4. The minimum Gasteiger partial charge on any atom is -0.432 e. The average molecular weight is 461 g/mol. The maximum absolute atomic E-state index is 13.6. The molecule has 2 heterocycles. The third-order valence-electron chi connectivity index (χ3n) is 5.15. The number of benzene rings is 1. The SMILES string of the molecule is CCCN(C(=O)c1nc2ccccc2o1)C(=O)[C@@H](C[Si](C)(C)C)NC(=O)N1CCOCC1. The molecule has 1 N–H and O–H groups in total. The summed E-state index contributed by atoms with van der Waals surface area (Å²) in [6.45, 7) is 10.4. The van der Waals surface area contributed by atoms with Crippen molar-refractivity contribution < 1.29 is 23.5 Å². The van der Waals surface area contributed by atoms with Crippen molar-refractivity contribution in [2.75, 3.05) is 32.8 Å². The standard InChI is InChI=1S/C22H32N4O5Si/c1-5-10-26(21(28)19-23-16-8-6-7-9-18(16)31-19)20(27)17(15-32(2,3)4)24-22(29)25-11-13-30-14-12-25/h6-9,17H,5,10-15H2,1-4H3,(H,24,29)/t17-/m1/s1. The van der Waals surface area contributed by atoms with Crippen molar-refractivity contribution in [3.8, 4) is 0 Å². The zero-order valence-electron chi connectivity index (χ0n) is 19.2. The van der Waals surface area contributed by atoms with E-state index in [9.17, 15) is 14.4 Å². The molecule has 3 rings (SSSR count). The van der Waals surface area contributed by atoms with E-state index in [0.717, 1.165) is 4.90 Å². The Balaban J connectivity index is 1.84. The van der Waals surface area contributed by atoms with E-state index in [1.54, 1.807) is 29.2 Å². The second-order valence-electron chi connectivity index (χ2n) is 9.15. The van der Waals surface area contributed by atoms with E-state index in [-0.39, 0.29) is 18.5 Å². The van der Waals surface area contributed by atoms with E-state index in [1.807, 2.05) is 6.92 Å². The van der Waals surface area contributed by atoms with Gasteiger partial charge in [-0.05, 0) is 24.6 Å². The fourth-order valence-corrected chi connectivity index (χ4v) is 5.12. The number of carbonyl (C=O) groups excluding carboxylic acids is 3. The Hall–Kier alpha value is -2.72. The molecule has 9 nitrogen and oxygen atoms in total. The summed E-state index contributed by atoms with van der Waals surface area (Å²) in [5, 5.41) is 2.89. The van der Waals surface area contributed by atoms with Gasteiger partial charge in [-0.15, -0.1) is 0 Å². The van der Waals surface area contributed by atoms with Crippen LogP contribution < -0.4 is 5.32 Å². The zero-order valence-corrected chi connectivity index (χ0v) is 20.2. The molecule has 2 aromatic rings. The van der Waals surface area contributed by atoms with Gasteiger partial charge in [0, 0.05) is 27.7 Å². The van der Waals surface area contributed by atoms with Crippen LogP contribution in [0.15, 0.2) is 28.7 Å². The van der Waals surface area contributed by atoms with E-state index < -0.39 is 25.9 Å². The lowest BCUT2D eigenvalue weighted by Gasteiger charge is -2.32. The second-order valence-corrected chi connectivity index (χ2v) is 14.7. The Morgan fingerprint density at radius 2 is 1.88 bits per heavy atom. The number of imide groups is 1. The highest BCUT2D eigenvalue weighted by molar-refractivity contribution is 6.76. The van der Waals surface area contributed by atoms with Crippen molar-refractivity contribution in [1.82, 2.24) is 20.1 Å². The molecule has 1 saturated heterocycles. The van der Waals surface area contributed by atoms with E-state index in [2.05, 4.69) is 29.9 Å². The summed E-state index contributed by atoms with van der Waals surface area (Å²) in [6, 6.07) is 6.48. The Morgan fingerprint density at radius 1 is 1.19 bits per heavy atom. The largest absolute Gasteiger partial charge is 0.432 e. The minimum absolute atomic E-state index is 0.126. The van der Waals surface area contributed by atoms with Crippen molar-refractivity contribution in [1.29, 1.82) is 0 Å². The first-order valence-electron chi connectivity index (χ1n) is 11.0. The summed E-state index contributed by atoms with van der Waals surface area (Å²) in [5.74, 6) is -1.14. The summed E-state index contributed by atoms with van der Waals surface area (Å²) in [6.07, 6.45) is 0.578. The number of morpholine rings is 1. The van der Waals surface area contributed by atoms with E-state index in [0.29, 0.717) is 49.9 Å². The Labute approximate surface area is 189 Å². The van der Waals surface area contributed by atoms with Crippen molar-refractivity contribution in [3.05, 3.63) is 30.2 Å². The number of urea groups is 1. The number of fused-ring (bicyclic) bond motifs is 1. The molecular formula is C22H32N4O5Si. The molecule has 1 aliphatic rings. The number of ether oxygens (including phenoxy) is 1. The third-order valence-corrected chi connectivity index (χ3v) is 6.78. The molecule has 1 aromatic carbocycles. The van der Waals surface area contributed by atoms with Gasteiger partial charge in [0.2, 0.25) is 0 Å². The van der Waals surface area contributed by atoms with Crippen LogP contribution in [0.25, 0.3) is 11.1 Å². The molecule has 1 fully saturated rings. The number of hydrogen-bond donors (Lipinski definition) is 1. The molecule has 174 valence electrons. The minimum atomic E-state index is -1.76. The summed E-state index contributed by atoms with van der Waals surface area (Å²) < 4.78 is 10.9. The van der Waals surface area contributed by atoms with Gasteiger partial charge in [-0.1, -0.05) is 38.7 Å². The fraction of sp³-hybridized carbons (Fsp3) is 0.545. The van der Waals surface area contributed by atoms with Crippen LogP contribution in [-0.2, 0) is 9.53 Å². The average Bonchev–Trinajstić information content (AvgIpc) is 3.20. The highest BCUT2D eigenvalue weighted by Crippen LogP contribution is 2.19. The van der Waals surface area contributed by atoms with Crippen LogP contribution in [0.4, 0.5) is 4.79 Å². The molecule has 1 aromatic heterocycles. The smallest absolute Gasteiger partial charge is 0.318 e. The molecule has 0 saturated carbocycles. The number of nitrogens with zero attached hydrogens (tertiary/aromatic N) is 3. The number of para-hydroxylation sites is 2. The number of nitrogens with one attached hydrogen (secondary N) is 1. The van der Waals surface area contributed by atoms with Crippen LogP contribution in [0.3, 0.4) is 0 Å². The fourth-order valence-electron chi connectivity index (χ4n) is 3.62. The first-order chi connectivity index (χ1) is 15.2. The van der Waals surface area contributed by atoms with Gasteiger partial charge in [-0.25, -0.2) is 9.78 Å². The molecule has 1 aliphatic heterocycles. The van der Waals surface area contributed by atoms with Gasteiger partial charge in [-0.3, -0.25) is 14.5 Å². The molecule has 32 heavy (non-hydrogen) atoms. The van der Waals surface area contributed by atoms with Gasteiger partial charge in [0.25, 0.3) is 11.8 Å². The molecule has 0 unspecified atom stereocenters. The Kier molecular flexibility index (Phi) is 7.67. The lowest BCUT2D eigenvalue weighted by molar-refractivity contribution is -0.130. The first kappa shape index (κ1) is 23.9. The van der Waals surface area contributed by atoms with Gasteiger partial charge in [0.1, 0.15) is 11.6 Å². The molecule has 0 radical (unpaired) electrons. The predicted octanol–water partition coefficient (Wildman–Crippen LogP) is 2.96.